The van der Waals surface area contributed by atoms with Crippen LogP contribution in [0.5, 0.6) is 0 Å². The second kappa shape index (κ2) is 6.71. The van der Waals surface area contributed by atoms with Crippen LogP contribution in [0.15, 0.2) is 66.2 Å². The van der Waals surface area contributed by atoms with Crippen molar-refractivity contribution in [2.45, 2.75) is 6.92 Å². The fraction of sp³-hybridized carbons (Fsp3) is 0.0556. The Morgan fingerprint density at radius 3 is 2.67 bits per heavy atom. The molecule has 0 aliphatic carbocycles. The van der Waals surface area contributed by atoms with Crippen molar-refractivity contribution in [3.05, 3.63) is 83.2 Å². The van der Waals surface area contributed by atoms with Gasteiger partial charge in [0.1, 0.15) is 12.7 Å². The quantitative estimate of drug-likeness (QED) is 0.575. The van der Waals surface area contributed by atoms with Gasteiger partial charge in [0.25, 0.3) is 5.91 Å². The highest BCUT2D eigenvalue weighted by molar-refractivity contribution is 6.05. The van der Waals surface area contributed by atoms with E-state index >= 15 is 0 Å². The summed E-state index contributed by atoms with van der Waals surface area (Å²) in [5, 5.41) is 6.87. The van der Waals surface area contributed by atoms with Crippen molar-refractivity contribution in [1.29, 1.82) is 0 Å². The fourth-order valence-electron chi connectivity index (χ4n) is 2.73. The Labute approximate surface area is 153 Å². The molecule has 2 N–H and O–H groups in total. The largest absolute Gasteiger partial charge is 0.330 e. The number of carbonyl (C=O) groups is 1. The highest BCUT2D eigenvalue weighted by Gasteiger charge is 2.12. The van der Waals surface area contributed by atoms with Gasteiger partial charge in [0, 0.05) is 23.7 Å². The first-order chi connectivity index (χ1) is 13.1. The standard InChI is InChI=1S/C18H15N7O2/c1-12-9-21-18(27)25(12)14-6-4-13(5-7-14)17(26)23-15-3-2-8-20-16(15)24-11-19-10-22-24/h2-11H,1H3,(H,21,27)(H,23,26). The molecule has 0 atom stereocenters. The maximum atomic E-state index is 12.6. The number of aryl methyl sites for hydroxylation is 1. The number of aromatic amines is 1. The summed E-state index contributed by atoms with van der Waals surface area (Å²) in [6, 6.07) is 10.2. The van der Waals surface area contributed by atoms with Gasteiger partial charge in [-0.25, -0.2) is 19.4 Å². The van der Waals surface area contributed by atoms with Crippen molar-refractivity contribution < 1.29 is 4.79 Å². The van der Waals surface area contributed by atoms with Crippen LogP contribution in [0, 0.1) is 6.92 Å². The van der Waals surface area contributed by atoms with Crippen LogP contribution in [0.25, 0.3) is 11.5 Å². The van der Waals surface area contributed by atoms with Crippen molar-refractivity contribution in [1.82, 2.24) is 29.3 Å². The Kier molecular flexibility index (Phi) is 4.09. The van der Waals surface area contributed by atoms with E-state index in [1.807, 2.05) is 6.92 Å². The van der Waals surface area contributed by atoms with Crippen LogP contribution < -0.4 is 11.0 Å². The molecule has 27 heavy (non-hydrogen) atoms. The molecule has 134 valence electrons. The lowest BCUT2D eigenvalue weighted by atomic mass is 10.2. The predicted molar refractivity (Wildman–Crippen MR) is 98.2 cm³/mol. The number of nitrogens with zero attached hydrogens (tertiary/aromatic N) is 5. The molecule has 3 heterocycles. The molecule has 0 saturated heterocycles. The summed E-state index contributed by atoms with van der Waals surface area (Å²) in [4.78, 5) is 35.2. The van der Waals surface area contributed by atoms with Crippen molar-refractivity contribution in [3.63, 3.8) is 0 Å². The number of carbonyl (C=O) groups excluding carboxylic acids is 1. The van der Waals surface area contributed by atoms with Crippen molar-refractivity contribution in [2.75, 3.05) is 5.32 Å². The van der Waals surface area contributed by atoms with E-state index in [0.717, 1.165) is 5.69 Å². The highest BCUT2D eigenvalue weighted by Crippen LogP contribution is 2.17. The molecule has 0 aliphatic rings. The molecular formula is C18H15N7O2. The normalized spacial score (nSPS) is 10.7. The minimum absolute atomic E-state index is 0.225. The second-order valence-electron chi connectivity index (χ2n) is 5.79. The number of rotatable bonds is 4. The van der Waals surface area contributed by atoms with Crippen LogP contribution >= 0.6 is 0 Å². The fourth-order valence-corrected chi connectivity index (χ4v) is 2.73. The van der Waals surface area contributed by atoms with Crippen LogP contribution in [0.1, 0.15) is 16.1 Å². The third kappa shape index (κ3) is 3.13. The van der Waals surface area contributed by atoms with Crippen LogP contribution in [0.3, 0.4) is 0 Å². The van der Waals surface area contributed by atoms with Crippen molar-refractivity contribution in [2.24, 2.45) is 0 Å². The van der Waals surface area contributed by atoms with Gasteiger partial charge in [0.15, 0.2) is 5.82 Å². The van der Waals surface area contributed by atoms with E-state index in [1.165, 1.54) is 21.9 Å². The van der Waals surface area contributed by atoms with Gasteiger partial charge in [-0.05, 0) is 43.3 Å². The molecule has 9 heteroatoms. The van der Waals surface area contributed by atoms with Gasteiger partial charge in [-0.1, -0.05) is 0 Å². The van der Waals surface area contributed by atoms with Crippen LogP contribution in [0.4, 0.5) is 5.69 Å². The van der Waals surface area contributed by atoms with Gasteiger partial charge >= 0.3 is 5.69 Å². The number of anilines is 1. The number of H-pyrrole nitrogens is 1. The summed E-state index contributed by atoms with van der Waals surface area (Å²) in [5.74, 6) is 0.170. The molecule has 0 aliphatic heterocycles. The summed E-state index contributed by atoms with van der Waals surface area (Å²) in [6.07, 6.45) is 6.14. The van der Waals surface area contributed by atoms with E-state index in [1.54, 1.807) is 48.8 Å². The van der Waals surface area contributed by atoms with Gasteiger partial charge in [-0.15, -0.1) is 0 Å². The zero-order chi connectivity index (χ0) is 18.8. The van der Waals surface area contributed by atoms with Gasteiger partial charge < -0.3 is 10.3 Å². The lowest BCUT2D eigenvalue weighted by Gasteiger charge is -2.10. The maximum Gasteiger partial charge on any atom is 0.330 e. The highest BCUT2D eigenvalue weighted by atomic mass is 16.2. The zero-order valence-electron chi connectivity index (χ0n) is 14.3. The molecule has 4 aromatic rings. The summed E-state index contributed by atoms with van der Waals surface area (Å²) >= 11 is 0. The third-order valence-corrected chi connectivity index (χ3v) is 4.02. The Balaban J connectivity index is 1.59. The van der Waals surface area contributed by atoms with Gasteiger partial charge in [-0.3, -0.25) is 9.36 Å². The first-order valence-electron chi connectivity index (χ1n) is 8.12. The van der Waals surface area contributed by atoms with E-state index in [2.05, 4.69) is 25.4 Å². The second-order valence-corrected chi connectivity index (χ2v) is 5.79. The lowest BCUT2D eigenvalue weighted by molar-refractivity contribution is 0.102. The number of imidazole rings is 1. The molecule has 0 fully saturated rings. The molecular weight excluding hydrogens is 346 g/mol. The zero-order valence-corrected chi connectivity index (χ0v) is 14.3. The van der Waals surface area contributed by atoms with E-state index in [0.29, 0.717) is 22.8 Å². The summed E-state index contributed by atoms with van der Waals surface area (Å²) in [7, 11) is 0. The van der Waals surface area contributed by atoms with Crippen LogP contribution in [-0.2, 0) is 0 Å². The van der Waals surface area contributed by atoms with E-state index in [9.17, 15) is 9.59 Å². The molecule has 0 radical (unpaired) electrons. The Morgan fingerprint density at radius 2 is 2.00 bits per heavy atom. The Morgan fingerprint density at radius 1 is 1.19 bits per heavy atom. The van der Waals surface area contributed by atoms with Crippen LogP contribution in [0.2, 0.25) is 0 Å². The van der Waals surface area contributed by atoms with Gasteiger partial charge in [0.2, 0.25) is 0 Å². The first-order valence-corrected chi connectivity index (χ1v) is 8.12. The lowest BCUT2D eigenvalue weighted by Crippen LogP contribution is -2.17. The average Bonchev–Trinajstić information content (AvgIpc) is 3.32. The van der Waals surface area contributed by atoms with Crippen molar-refractivity contribution >= 4 is 11.6 Å². The molecule has 9 nitrogen and oxygen atoms in total. The number of amides is 1. The molecule has 1 aromatic carbocycles. The summed E-state index contributed by atoms with van der Waals surface area (Å²) in [5.41, 5.74) is 2.20. The minimum atomic E-state index is -0.297. The van der Waals surface area contributed by atoms with E-state index in [4.69, 9.17) is 0 Å². The molecule has 0 spiro atoms. The van der Waals surface area contributed by atoms with Crippen molar-refractivity contribution in [3.8, 4) is 11.5 Å². The molecule has 0 bridgehead atoms. The minimum Gasteiger partial charge on any atom is -0.319 e. The van der Waals surface area contributed by atoms with Gasteiger partial charge in [0.05, 0.1) is 11.4 Å². The third-order valence-electron chi connectivity index (χ3n) is 4.02. The topological polar surface area (TPSA) is 110 Å². The number of hydrogen-bond acceptors (Lipinski definition) is 5. The number of pyridine rings is 1. The molecule has 0 unspecified atom stereocenters. The maximum absolute atomic E-state index is 12.6. The SMILES string of the molecule is Cc1c[nH]c(=O)n1-c1ccc(C(=O)Nc2cccnc2-n2cncn2)cc1. The Hall–Kier alpha value is -4.01. The smallest absolute Gasteiger partial charge is 0.319 e. The van der Waals surface area contributed by atoms with E-state index in [-0.39, 0.29) is 11.6 Å². The average molecular weight is 361 g/mol. The number of aromatic nitrogens is 6. The number of hydrogen-bond donors (Lipinski definition) is 2. The molecule has 1 amide bonds. The first kappa shape index (κ1) is 16.5. The van der Waals surface area contributed by atoms with Gasteiger partial charge in [-0.2, -0.15) is 5.10 Å². The monoisotopic (exact) mass is 361 g/mol. The number of nitrogens with one attached hydrogen (secondary N) is 2. The van der Waals surface area contributed by atoms with E-state index < -0.39 is 0 Å². The predicted octanol–water partition coefficient (Wildman–Crippen LogP) is 1.70. The molecule has 3 aromatic heterocycles. The Bertz CT molecular complexity index is 1140. The van der Waals surface area contributed by atoms with Crippen LogP contribution in [-0.4, -0.2) is 35.2 Å². The summed E-state index contributed by atoms with van der Waals surface area (Å²) < 4.78 is 3.01. The number of benzene rings is 1. The molecule has 0 saturated carbocycles. The summed E-state index contributed by atoms with van der Waals surface area (Å²) in [6.45, 7) is 1.83. The molecule has 4 rings (SSSR count).